The summed E-state index contributed by atoms with van der Waals surface area (Å²) in [5.74, 6) is 0.505. The fraction of sp³-hybridized carbons (Fsp3) is 0.0833. The highest BCUT2D eigenvalue weighted by Crippen LogP contribution is 2.24. The zero-order chi connectivity index (χ0) is 11.8. The molecule has 0 aliphatic rings. The van der Waals surface area contributed by atoms with Gasteiger partial charge in [-0.15, -0.1) is 0 Å². The third-order valence-corrected chi connectivity index (χ3v) is 2.72. The highest BCUT2D eigenvalue weighted by Gasteiger charge is 2.08. The van der Waals surface area contributed by atoms with Crippen LogP contribution in [0, 0.1) is 0 Å². The van der Waals surface area contributed by atoms with Gasteiger partial charge in [0.2, 0.25) is 0 Å². The molecule has 84 valence electrons. The van der Waals surface area contributed by atoms with E-state index in [9.17, 15) is 0 Å². The number of nitrogen functional groups attached to an aromatic ring is 1. The molecule has 5 nitrogen and oxygen atoms in total. The van der Waals surface area contributed by atoms with Crippen molar-refractivity contribution < 1.29 is 0 Å². The average Bonchev–Trinajstić information content (AvgIpc) is 2.66. The van der Waals surface area contributed by atoms with E-state index < -0.39 is 0 Å². The molecule has 0 unspecified atom stereocenters. The second-order valence-electron chi connectivity index (χ2n) is 3.84. The van der Waals surface area contributed by atoms with Crippen LogP contribution in [0.5, 0.6) is 0 Å². The van der Waals surface area contributed by atoms with E-state index in [1.807, 2.05) is 31.4 Å². The van der Waals surface area contributed by atoms with Crippen LogP contribution in [0.1, 0.15) is 0 Å². The molecule has 0 atom stereocenters. The van der Waals surface area contributed by atoms with E-state index in [0.29, 0.717) is 5.82 Å². The van der Waals surface area contributed by atoms with Gasteiger partial charge in [-0.3, -0.25) is 4.98 Å². The molecule has 0 aliphatic carbocycles. The molecular weight excluding hydrogens is 214 g/mol. The smallest absolute Gasteiger partial charge is 0.159 e. The van der Waals surface area contributed by atoms with Crippen molar-refractivity contribution in [1.82, 2.24) is 19.7 Å². The van der Waals surface area contributed by atoms with Crippen LogP contribution in [-0.2, 0) is 7.05 Å². The Hall–Kier alpha value is -2.43. The number of aryl methyl sites for hydroxylation is 1. The Morgan fingerprint density at radius 2 is 1.94 bits per heavy atom. The van der Waals surface area contributed by atoms with E-state index in [-0.39, 0.29) is 0 Å². The van der Waals surface area contributed by atoms with Gasteiger partial charge < -0.3 is 5.73 Å². The Morgan fingerprint density at radius 3 is 2.71 bits per heavy atom. The fourth-order valence-corrected chi connectivity index (χ4v) is 1.87. The normalized spacial score (nSPS) is 10.9. The second kappa shape index (κ2) is 3.55. The number of fused-ring (bicyclic) bond motifs is 1. The standard InChI is InChI=1S/C12H11N5/c1-17-12-10(11(13)16-17)6-9(7-15-12)8-2-4-14-5-3-8/h2-7H,1H3,(H2,13,16). The summed E-state index contributed by atoms with van der Waals surface area (Å²) >= 11 is 0. The van der Waals surface area contributed by atoms with Gasteiger partial charge in [-0.25, -0.2) is 9.67 Å². The maximum atomic E-state index is 5.84. The largest absolute Gasteiger partial charge is 0.382 e. The third kappa shape index (κ3) is 1.52. The first-order valence-electron chi connectivity index (χ1n) is 5.24. The van der Waals surface area contributed by atoms with Gasteiger partial charge in [0.1, 0.15) is 0 Å². The molecule has 2 N–H and O–H groups in total. The third-order valence-electron chi connectivity index (χ3n) is 2.72. The van der Waals surface area contributed by atoms with Gasteiger partial charge in [0.25, 0.3) is 0 Å². The van der Waals surface area contributed by atoms with Gasteiger partial charge in [0.05, 0.1) is 5.39 Å². The average molecular weight is 225 g/mol. The molecule has 3 aromatic heterocycles. The zero-order valence-electron chi connectivity index (χ0n) is 9.33. The van der Waals surface area contributed by atoms with E-state index in [4.69, 9.17) is 5.73 Å². The van der Waals surface area contributed by atoms with E-state index in [1.165, 1.54) is 0 Å². The van der Waals surface area contributed by atoms with Crippen LogP contribution in [0.2, 0.25) is 0 Å². The van der Waals surface area contributed by atoms with Gasteiger partial charge in [-0.1, -0.05) is 0 Å². The fourth-order valence-electron chi connectivity index (χ4n) is 1.87. The number of anilines is 1. The molecule has 0 aromatic carbocycles. The lowest BCUT2D eigenvalue weighted by Gasteiger charge is -2.00. The van der Waals surface area contributed by atoms with Crippen molar-refractivity contribution in [2.24, 2.45) is 7.05 Å². The van der Waals surface area contributed by atoms with Crippen LogP contribution >= 0.6 is 0 Å². The number of nitrogens with zero attached hydrogens (tertiary/aromatic N) is 4. The van der Waals surface area contributed by atoms with Crippen molar-refractivity contribution in [2.75, 3.05) is 5.73 Å². The summed E-state index contributed by atoms with van der Waals surface area (Å²) in [4.78, 5) is 8.37. The summed E-state index contributed by atoms with van der Waals surface area (Å²) < 4.78 is 1.68. The van der Waals surface area contributed by atoms with Crippen molar-refractivity contribution in [1.29, 1.82) is 0 Å². The maximum Gasteiger partial charge on any atom is 0.159 e. The number of rotatable bonds is 1. The van der Waals surface area contributed by atoms with Crippen LogP contribution in [0.3, 0.4) is 0 Å². The van der Waals surface area contributed by atoms with Crippen molar-refractivity contribution in [3.63, 3.8) is 0 Å². The van der Waals surface area contributed by atoms with Gasteiger partial charge in [-0.2, -0.15) is 5.10 Å². The molecule has 0 amide bonds. The monoisotopic (exact) mass is 225 g/mol. The Morgan fingerprint density at radius 1 is 1.18 bits per heavy atom. The Balaban J connectivity index is 2.24. The van der Waals surface area contributed by atoms with Crippen LogP contribution in [-0.4, -0.2) is 19.7 Å². The number of hydrogen-bond acceptors (Lipinski definition) is 4. The van der Waals surface area contributed by atoms with Crippen molar-refractivity contribution >= 4 is 16.9 Å². The molecule has 0 saturated heterocycles. The number of nitrogens with two attached hydrogens (primary N) is 1. The minimum absolute atomic E-state index is 0.505. The first-order valence-corrected chi connectivity index (χ1v) is 5.24. The van der Waals surface area contributed by atoms with E-state index >= 15 is 0 Å². The predicted octanol–water partition coefficient (Wildman–Crippen LogP) is 1.61. The molecule has 5 heteroatoms. The second-order valence-corrected chi connectivity index (χ2v) is 3.84. The van der Waals surface area contributed by atoms with Crippen LogP contribution < -0.4 is 5.73 Å². The molecule has 0 radical (unpaired) electrons. The molecule has 3 rings (SSSR count). The molecular formula is C12H11N5. The topological polar surface area (TPSA) is 69.6 Å². The summed E-state index contributed by atoms with van der Waals surface area (Å²) in [5, 5.41) is 5.02. The number of aromatic nitrogens is 4. The molecule has 3 heterocycles. The summed E-state index contributed by atoms with van der Waals surface area (Å²) in [5.41, 5.74) is 8.71. The quantitative estimate of drug-likeness (QED) is 0.683. The molecule has 0 fully saturated rings. The lowest BCUT2D eigenvalue weighted by molar-refractivity contribution is 0.791. The first kappa shape index (κ1) is 9.77. The van der Waals surface area contributed by atoms with Crippen molar-refractivity contribution in [3.05, 3.63) is 36.8 Å². The molecule has 17 heavy (non-hydrogen) atoms. The Bertz CT molecular complexity index is 672. The Kier molecular flexibility index (Phi) is 2.04. The van der Waals surface area contributed by atoms with Gasteiger partial charge in [0.15, 0.2) is 11.5 Å². The van der Waals surface area contributed by atoms with Crippen LogP contribution in [0.4, 0.5) is 5.82 Å². The molecule has 0 bridgehead atoms. The lowest BCUT2D eigenvalue weighted by atomic mass is 10.1. The summed E-state index contributed by atoms with van der Waals surface area (Å²) in [6.07, 6.45) is 5.33. The highest BCUT2D eigenvalue weighted by atomic mass is 15.3. The summed E-state index contributed by atoms with van der Waals surface area (Å²) in [6, 6.07) is 5.88. The molecule has 0 saturated carbocycles. The highest BCUT2D eigenvalue weighted by molar-refractivity contribution is 5.89. The molecule has 0 aliphatic heterocycles. The minimum Gasteiger partial charge on any atom is -0.382 e. The van der Waals surface area contributed by atoms with Gasteiger partial charge in [-0.05, 0) is 23.8 Å². The van der Waals surface area contributed by atoms with E-state index in [1.54, 1.807) is 17.1 Å². The zero-order valence-corrected chi connectivity index (χ0v) is 9.33. The van der Waals surface area contributed by atoms with E-state index in [0.717, 1.165) is 22.2 Å². The predicted molar refractivity (Wildman–Crippen MR) is 66.2 cm³/mol. The maximum absolute atomic E-state index is 5.84. The van der Waals surface area contributed by atoms with Crippen LogP contribution in [0.25, 0.3) is 22.2 Å². The lowest BCUT2D eigenvalue weighted by Crippen LogP contribution is -1.92. The summed E-state index contributed by atoms with van der Waals surface area (Å²) in [6.45, 7) is 0. The van der Waals surface area contributed by atoms with Gasteiger partial charge in [0, 0.05) is 31.2 Å². The summed E-state index contributed by atoms with van der Waals surface area (Å²) in [7, 11) is 1.83. The van der Waals surface area contributed by atoms with Crippen molar-refractivity contribution in [3.8, 4) is 11.1 Å². The Labute approximate surface area is 97.9 Å². The number of hydrogen-bond donors (Lipinski definition) is 1. The molecule has 0 spiro atoms. The van der Waals surface area contributed by atoms with Gasteiger partial charge >= 0.3 is 0 Å². The SMILES string of the molecule is Cn1nc(N)c2cc(-c3ccncc3)cnc21. The van der Waals surface area contributed by atoms with Crippen molar-refractivity contribution in [2.45, 2.75) is 0 Å². The first-order chi connectivity index (χ1) is 8.25. The van der Waals surface area contributed by atoms with Crippen LogP contribution in [0.15, 0.2) is 36.8 Å². The number of pyridine rings is 2. The molecule has 3 aromatic rings. The minimum atomic E-state index is 0.505. The van der Waals surface area contributed by atoms with E-state index in [2.05, 4.69) is 15.1 Å².